The van der Waals surface area contributed by atoms with Crippen LogP contribution in [0.4, 0.5) is 0 Å². The second-order valence-electron chi connectivity index (χ2n) is 5.52. The quantitative estimate of drug-likeness (QED) is 0.790. The first-order valence-electron chi connectivity index (χ1n) is 7.76. The van der Waals surface area contributed by atoms with Crippen LogP contribution in [0.15, 0.2) is 42.6 Å². The Hall–Kier alpha value is -3.00. The molecule has 0 saturated carbocycles. The molecule has 122 valence electrons. The smallest absolute Gasteiger partial charge is 0.314 e. The number of benzene rings is 1. The van der Waals surface area contributed by atoms with E-state index in [0.29, 0.717) is 23.2 Å². The maximum absolute atomic E-state index is 11.9. The van der Waals surface area contributed by atoms with Gasteiger partial charge in [-0.2, -0.15) is 5.26 Å². The van der Waals surface area contributed by atoms with Crippen LogP contribution in [-0.4, -0.2) is 21.8 Å². The van der Waals surface area contributed by atoms with Crippen molar-refractivity contribution in [2.45, 2.75) is 26.2 Å². The lowest BCUT2D eigenvalue weighted by molar-refractivity contribution is -0.146. The highest BCUT2D eigenvalue weighted by Gasteiger charge is 2.25. The Labute approximate surface area is 140 Å². The third kappa shape index (κ3) is 4.05. The molecule has 0 spiro atoms. The number of carbonyl (C=O) groups is 2. The van der Waals surface area contributed by atoms with E-state index < -0.39 is 11.9 Å². The van der Waals surface area contributed by atoms with Crippen molar-refractivity contribution in [3.8, 4) is 17.3 Å². The van der Waals surface area contributed by atoms with Gasteiger partial charge < -0.3 is 5.11 Å². The van der Waals surface area contributed by atoms with Crippen LogP contribution in [-0.2, 0) is 16.0 Å². The Kier molecular flexibility index (Phi) is 5.80. The first kappa shape index (κ1) is 17.4. The van der Waals surface area contributed by atoms with Gasteiger partial charge in [0.2, 0.25) is 0 Å². The molecule has 1 heterocycles. The maximum Gasteiger partial charge on any atom is 0.314 e. The molecule has 1 unspecified atom stereocenters. The lowest BCUT2D eigenvalue weighted by atomic mass is 9.93. The lowest BCUT2D eigenvalue weighted by Crippen LogP contribution is -2.25. The van der Waals surface area contributed by atoms with Crippen molar-refractivity contribution in [1.82, 2.24) is 4.98 Å². The van der Waals surface area contributed by atoms with E-state index in [1.54, 1.807) is 30.5 Å². The summed E-state index contributed by atoms with van der Waals surface area (Å²) in [6, 6.07) is 12.8. The van der Waals surface area contributed by atoms with Crippen molar-refractivity contribution in [2.24, 2.45) is 5.92 Å². The summed E-state index contributed by atoms with van der Waals surface area (Å²) in [5.41, 5.74) is 2.58. The Morgan fingerprint density at radius 2 is 2.00 bits per heavy atom. The molecule has 2 aromatic rings. The van der Waals surface area contributed by atoms with Crippen LogP contribution in [0.3, 0.4) is 0 Å². The first-order chi connectivity index (χ1) is 11.6. The molecule has 5 heteroatoms. The van der Waals surface area contributed by atoms with Gasteiger partial charge in [-0.15, -0.1) is 0 Å². The second-order valence-corrected chi connectivity index (χ2v) is 5.52. The number of hydrogen-bond acceptors (Lipinski definition) is 4. The summed E-state index contributed by atoms with van der Waals surface area (Å²) >= 11 is 0. The Bertz CT molecular complexity index is 776. The van der Waals surface area contributed by atoms with Crippen LogP contribution in [0.5, 0.6) is 0 Å². The molecule has 1 N–H and O–H groups in total. The number of carbonyl (C=O) groups excluding carboxylic acids is 1. The summed E-state index contributed by atoms with van der Waals surface area (Å²) in [6.45, 7) is 1.85. The van der Waals surface area contributed by atoms with E-state index in [9.17, 15) is 14.7 Å². The Morgan fingerprint density at radius 1 is 1.25 bits per heavy atom. The molecule has 5 nitrogen and oxygen atoms in total. The van der Waals surface area contributed by atoms with Gasteiger partial charge in [0, 0.05) is 18.2 Å². The number of Topliss-reactive ketones (excluding diaryl/α,β-unsaturated/α-hetero) is 1. The molecule has 0 aliphatic heterocycles. The average Bonchev–Trinajstić information content (AvgIpc) is 2.60. The molecule has 24 heavy (non-hydrogen) atoms. The van der Waals surface area contributed by atoms with Crippen molar-refractivity contribution in [1.29, 1.82) is 5.26 Å². The third-order valence-corrected chi connectivity index (χ3v) is 3.77. The fraction of sp³-hybridized carbons (Fsp3) is 0.263. The molecule has 0 aliphatic rings. The van der Waals surface area contributed by atoms with Gasteiger partial charge in [0.05, 0.1) is 17.3 Å². The van der Waals surface area contributed by atoms with Gasteiger partial charge in [0.1, 0.15) is 11.7 Å². The molecule has 1 aromatic heterocycles. The predicted molar refractivity (Wildman–Crippen MR) is 89.1 cm³/mol. The zero-order valence-corrected chi connectivity index (χ0v) is 13.4. The fourth-order valence-electron chi connectivity index (χ4n) is 2.50. The summed E-state index contributed by atoms with van der Waals surface area (Å²) in [6.07, 6.45) is 2.59. The molecule has 2 rings (SSSR count). The molecule has 0 radical (unpaired) electrons. The molecular formula is C19H18N2O3. The minimum absolute atomic E-state index is 0.126. The zero-order valence-electron chi connectivity index (χ0n) is 13.4. The summed E-state index contributed by atoms with van der Waals surface area (Å²) in [4.78, 5) is 27.6. The third-order valence-electron chi connectivity index (χ3n) is 3.77. The van der Waals surface area contributed by atoms with E-state index in [1.807, 2.05) is 19.1 Å². The van der Waals surface area contributed by atoms with Crippen molar-refractivity contribution >= 4 is 11.8 Å². The summed E-state index contributed by atoms with van der Waals surface area (Å²) in [7, 11) is 0. The van der Waals surface area contributed by atoms with Gasteiger partial charge in [0.25, 0.3) is 0 Å². The molecule has 0 amide bonds. The number of nitrogens with zero attached hydrogens (tertiary/aromatic N) is 2. The van der Waals surface area contributed by atoms with Crippen molar-refractivity contribution in [3.63, 3.8) is 0 Å². The standard InChI is InChI=1S/C19H18N2O3/c1-2-5-18(22)16(19(23)24)10-13-8-9-17(21-12-13)15-7-4-3-6-14(15)11-20/h3-4,6-9,12,16H,2,5,10H2,1H3,(H,23,24). The topological polar surface area (TPSA) is 91.0 Å². The van der Waals surface area contributed by atoms with Crippen molar-refractivity contribution in [2.75, 3.05) is 0 Å². The fourth-order valence-corrected chi connectivity index (χ4v) is 2.50. The largest absolute Gasteiger partial charge is 0.481 e. The number of rotatable bonds is 7. The minimum atomic E-state index is -1.10. The number of aliphatic carboxylic acids is 1. The van der Waals surface area contributed by atoms with Gasteiger partial charge >= 0.3 is 5.97 Å². The van der Waals surface area contributed by atoms with E-state index in [1.165, 1.54) is 0 Å². The number of pyridine rings is 1. The molecule has 0 bridgehead atoms. The number of carboxylic acid groups (broad SMARTS) is 1. The Balaban J connectivity index is 2.21. The molecule has 0 saturated heterocycles. The van der Waals surface area contributed by atoms with E-state index in [0.717, 1.165) is 5.56 Å². The lowest BCUT2D eigenvalue weighted by Gasteiger charge is -2.11. The zero-order chi connectivity index (χ0) is 17.5. The minimum Gasteiger partial charge on any atom is -0.481 e. The Morgan fingerprint density at radius 3 is 2.58 bits per heavy atom. The molecule has 0 aliphatic carbocycles. The summed E-state index contributed by atoms with van der Waals surface area (Å²) in [5, 5.41) is 18.4. The molecule has 1 aromatic carbocycles. The van der Waals surface area contributed by atoms with Gasteiger partial charge in [-0.3, -0.25) is 14.6 Å². The SMILES string of the molecule is CCCC(=O)C(Cc1ccc(-c2ccccc2C#N)nc1)C(=O)O. The van der Waals surface area contributed by atoms with Crippen LogP contribution in [0, 0.1) is 17.2 Å². The van der Waals surface area contributed by atoms with Crippen LogP contribution < -0.4 is 0 Å². The van der Waals surface area contributed by atoms with Gasteiger partial charge in [0.15, 0.2) is 0 Å². The van der Waals surface area contributed by atoms with Gasteiger partial charge in [-0.25, -0.2) is 0 Å². The number of hydrogen-bond donors (Lipinski definition) is 1. The predicted octanol–water partition coefficient (Wildman–Crippen LogP) is 3.23. The highest BCUT2D eigenvalue weighted by atomic mass is 16.4. The average molecular weight is 322 g/mol. The van der Waals surface area contributed by atoms with Gasteiger partial charge in [-0.05, 0) is 30.5 Å². The molecule has 1 atom stereocenters. The monoisotopic (exact) mass is 322 g/mol. The number of aromatic nitrogens is 1. The highest BCUT2D eigenvalue weighted by Crippen LogP contribution is 2.22. The van der Waals surface area contributed by atoms with Gasteiger partial charge in [-0.1, -0.05) is 31.2 Å². The molecule has 0 fully saturated rings. The van der Waals surface area contributed by atoms with Crippen molar-refractivity contribution in [3.05, 3.63) is 53.7 Å². The van der Waals surface area contributed by atoms with Crippen LogP contribution >= 0.6 is 0 Å². The number of carboxylic acids is 1. The van der Waals surface area contributed by atoms with Crippen LogP contribution in [0.25, 0.3) is 11.3 Å². The normalized spacial score (nSPS) is 11.5. The van der Waals surface area contributed by atoms with Crippen LogP contribution in [0.1, 0.15) is 30.9 Å². The maximum atomic E-state index is 11.9. The first-order valence-corrected chi connectivity index (χ1v) is 7.76. The highest BCUT2D eigenvalue weighted by molar-refractivity contribution is 5.98. The summed E-state index contributed by atoms with van der Waals surface area (Å²) in [5.74, 6) is -2.40. The molecular weight excluding hydrogens is 304 g/mol. The number of ketones is 1. The van der Waals surface area contributed by atoms with E-state index in [2.05, 4.69) is 11.1 Å². The van der Waals surface area contributed by atoms with E-state index in [-0.39, 0.29) is 18.6 Å². The van der Waals surface area contributed by atoms with Crippen LogP contribution in [0.2, 0.25) is 0 Å². The summed E-state index contributed by atoms with van der Waals surface area (Å²) < 4.78 is 0. The van der Waals surface area contributed by atoms with E-state index in [4.69, 9.17) is 5.26 Å². The van der Waals surface area contributed by atoms with Crippen molar-refractivity contribution < 1.29 is 14.7 Å². The van der Waals surface area contributed by atoms with E-state index >= 15 is 0 Å². The number of nitriles is 1. The second kappa shape index (κ2) is 8.02.